The van der Waals surface area contributed by atoms with E-state index in [9.17, 15) is 4.39 Å². The number of halogens is 2. The molecule has 0 saturated carbocycles. The van der Waals surface area contributed by atoms with Gasteiger partial charge in [-0.3, -0.25) is 0 Å². The molecule has 0 aliphatic heterocycles. The monoisotopic (exact) mass is 309 g/mol. The normalized spacial score (nSPS) is 12.4. The van der Waals surface area contributed by atoms with E-state index in [1.807, 2.05) is 0 Å². The lowest BCUT2D eigenvalue weighted by Crippen LogP contribution is -2.26. The molecule has 0 radical (unpaired) electrons. The summed E-state index contributed by atoms with van der Waals surface area (Å²) in [7, 11) is 0. The maximum atomic E-state index is 13.8. The van der Waals surface area contributed by atoms with Crippen LogP contribution in [0.4, 0.5) is 4.39 Å². The number of thioether (sulfide) groups is 1. The smallest absolute Gasteiger partial charge is 0.145 e. The molecular weight excluding hydrogens is 293 g/mol. The third kappa shape index (κ3) is 4.23. The minimum absolute atomic E-state index is 0.103. The van der Waals surface area contributed by atoms with Gasteiger partial charge in [-0.2, -0.15) is 0 Å². The molecule has 0 saturated heterocycles. The van der Waals surface area contributed by atoms with Gasteiger partial charge in [0.05, 0.1) is 5.02 Å². The van der Waals surface area contributed by atoms with Gasteiger partial charge in [0.25, 0.3) is 0 Å². The van der Waals surface area contributed by atoms with Gasteiger partial charge in [-0.15, -0.1) is 11.8 Å². The van der Waals surface area contributed by atoms with E-state index < -0.39 is 0 Å². The predicted octanol–water partition coefficient (Wildman–Crippen LogP) is 4.45. The van der Waals surface area contributed by atoms with Gasteiger partial charge in [0.2, 0.25) is 0 Å². The zero-order chi connectivity index (χ0) is 14.5. The van der Waals surface area contributed by atoms with E-state index in [1.165, 1.54) is 10.5 Å². The van der Waals surface area contributed by atoms with Gasteiger partial charge >= 0.3 is 0 Å². The molecule has 20 heavy (non-hydrogen) atoms. The Labute approximate surface area is 128 Å². The van der Waals surface area contributed by atoms with Crippen LogP contribution in [0, 0.1) is 12.7 Å². The molecule has 4 heteroatoms. The molecule has 0 aromatic heterocycles. The molecule has 0 bridgehead atoms. The van der Waals surface area contributed by atoms with Gasteiger partial charge in [-0.05, 0) is 37.1 Å². The Balaban J connectivity index is 1.91. The molecule has 2 N–H and O–H groups in total. The third-order valence-electron chi connectivity index (χ3n) is 3.00. The average Bonchev–Trinajstić information content (AvgIpc) is 2.43. The number of benzene rings is 2. The molecule has 0 amide bonds. The first-order valence-electron chi connectivity index (χ1n) is 6.44. The van der Waals surface area contributed by atoms with Crippen LogP contribution in [0.2, 0.25) is 5.02 Å². The highest BCUT2D eigenvalue weighted by Gasteiger charge is 2.11. The van der Waals surface area contributed by atoms with Crippen molar-refractivity contribution < 1.29 is 4.39 Å². The fraction of sp³-hybridized carbons (Fsp3) is 0.250. The first-order valence-corrected chi connectivity index (χ1v) is 7.80. The fourth-order valence-corrected chi connectivity index (χ4v) is 2.93. The van der Waals surface area contributed by atoms with Crippen molar-refractivity contribution in [3.63, 3.8) is 0 Å². The quantitative estimate of drug-likeness (QED) is 0.826. The maximum absolute atomic E-state index is 13.8. The SMILES string of the molecule is Cc1ccc(SCC(N)Cc2cccc(Cl)c2F)cc1. The van der Waals surface area contributed by atoms with Gasteiger partial charge < -0.3 is 5.73 Å². The second kappa shape index (κ2) is 7.11. The number of rotatable bonds is 5. The van der Waals surface area contributed by atoms with Crippen molar-refractivity contribution >= 4 is 23.4 Å². The highest BCUT2D eigenvalue weighted by molar-refractivity contribution is 7.99. The average molecular weight is 310 g/mol. The van der Waals surface area contributed by atoms with Crippen LogP contribution in [0.25, 0.3) is 0 Å². The molecule has 1 atom stereocenters. The van der Waals surface area contributed by atoms with Crippen LogP contribution in [0.15, 0.2) is 47.4 Å². The molecule has 1 nitrogen and oxygen atoms in total. The summed E-state index contributed by atoms with van der Waals surface area (Å²) in [6, 6.07) is 13.2. The fourth-order valence-electron chi connectivity index (χ4n) is 1.89. The third-order valence-corrected chi connectivity index (χ3v) is 4.49. The second-order valence-electron chi connectivity index (χ2n) is 4.80. The Morgan fingerprint density at radius 1 is 1.20 bits per heavy atom. The van der Waals surface area contributed by atoms with Crippen LogP contribution in [0.3, 0.4) is 0 Å². The summed E-state index contributed by atoms with van der Waals surface area (Å²) < 4.78 is 13.8. The van der Waals surface area contributed by atoms with Crippen LogP contribution in [-0.4, -0.2) is 11.8 Å². The number of nitrogens with two attached hydrogens (primary N) is 1. The van der Waals surface area contributed by atoms with Crippen molar-refractivity contribution in [3.05, 3.63) is 64.4 Å². The molecule has 106 valence electrons. The maximum Gasteiger partial charge on any atom is 0.145 e. The van der Waals surface area contributed by atoms with Crippen molar-refractivity contribution in [1.82, 2.24) is 0 Å². The van der Waals surface area contributed by atoms with Gasteiger partial charge in [0.1, 0.15) is 5.82 Å². The molecule has 0 spiro atoms. The van der Waals surface area contributed by atoms with Crippen molar-refractivity contribution in [3.8, 4) is 0 Å². The molecule has 0 heterocycles. The lowest BCUT2D eigenvalue weighted by atomic mass is 10.1. The standard InChI is InChI=1S/C16H17ClFNS/c1-11-5-7-14(8-6-11)20-10-13(19)9-12-3-2-4-15(17)16(12)18/h2-8,13H,9-10,19H2,1H3. The number of aryl methyl sites for hydroxylation is 1. The second-order valence-corrected chi connectivity index (χ2v) is 6.30. The van der Waals surface area contributed by atoms with E-state index in [0.717, 1.165) is 5.75 Å². The van der Waals surface area contributed by atoms with E-state index in [1.54, 1.807) is 30.0 Å². The lowest BCUT2D eigenvalue weighted by molar-refractivity contribution is 0.598. The molecule has 0 aliphatic rings. The van der Waals surface area contributed by atoms with Gasteiger partial charge in [0.15, 0.2) is 0 Å². The molecule has 1 unspecified atom stereocenters. The zero-order valence-electron chi connectivity index (χ0n) is 11.3. The molecule has 2 aromatic rings. The van der Waals surface area contributed by atoms with Gasteiger partial charge in [-0.1, -0.05) is 41.4 Å². The highest BCUT2D eigenvalue weighted by atomic mass is 35.5. The summed E-state index contributed by atoms with van der Waals surface area (Å²) in [4.78, 5) is 1.18. The van der Waals surface area contributed by atoms with Crippen LogP contribution >= 0.6 is 23.4 Å². The highest BCUT2D eigenvalue weighted by Crippen LogP contribution is 2.22. The Morgan fingerprint density at radius 2 is 1.90 bits per heavy atom. The predicted molar refractivity (Wildman–Crippen MR) is 85.0 cm³/mol. The number of hydrogen-bond acceptors (Lipinski definition) is 2. The lowest BCUT2D eigenvalue weighted by Gasteiger charge is -2.12. The molecule has 0 aliphatic carbocycles. The Morgan fingerprint density at radius 3 is 2.60 bits per heavy atom. The van der Waals surface area contributed by atoms with Crippen molar-refractivity contribution in [2.45, 2.75) is 24.3 Å². The Kier molecular flexibility index (Phi) is 5.46. The van der Waals surface area contributed by atoms with Crippen molar-refractivity contribution in [2.75, 3.05) is 5.75 Å². The summed E-state index contributed by atoms with van der Waals surface area (Å²) in [5.41, 5.74) is 7.89. The first-order chi connectivity index (χ1) is 9.56. The minimum Gasteiger partial charge on any atom is -0.327 e. The van der Waals surface area contributed by atoms with Gasteiger partial charge in [0, 0.05) is 16.7 Å². The summed E-state index contributed by atoms with van der Waals surface area (Å²) in [6.07, 6.45) is 0.491. The summed E-state index contributed by atoms with van der Waals surface area (Å²) in [6.45, 7) is 2.06. The van der Waals surface area contributed by atoms with E-state index in [2.05, 4.69) is 31.2 Å². The van der Waals surface area contributed by atoms with E-state index in [0.29, 0.717) is 12.0 Å². The summed E-state index contributed by atoms with van der Waals surface area (Å²) in [5, 5.41) is 0.154. The Hall–Kier alpha value is -1.03. The van der Waals surface area contributed by atoms with E-state index in [-0.39, 0.29) is 16.9 Å². The van der Waals surface area contributed by atoms with E-state index in [4.69, 9.17) is 17.3 Å². The molecule has 2 aromatic carbocycles. The first kappa shape index (κ1) is 15.4. The van der Waals surface area contributed by atoms with Crippen molar-refractivity contribution in [2.24, 2.45) is 5.73 Å². The van der Waals surface area contributed by atoms with Crippen LogP contribution in [0.1, 0.15) is 11.1 Å². The summed E-state index contributed by atoms with van der Waals surface area (Å²) >= 11 is 7.45. The molecular formula is C16H17ClFNS. The largest absolute Gasteiger partial charge is 0.327 e. The minimum atomic E-state index is -0.357. The van der Waals surface area contributed by atoms with Gasteiger partial charge in [-0.25, -0.2) is 4.39 Å². The number of hydrogen-bond donors (Lipinski definition) is 1. The topological polar surface area (TPSA) is 26.0 Å². The summed E-state index contributed by atoms with van der Waals surface area (Å²) in [5.74, 6) is 0.389. The van der Waals surface area contributed by atoms with E-state index >= 15 is 0 Å². The van der Waals surface area contributed by atoms with Crippen LogP contribution in [0.5, 0.6) is 0 Å². The molecule has 2 rings (SSSR count). The Bertz CT molecular complexity index is 571. The van der Waals surface area contributed by atoms with Crippen LogP contribution < -0.4 is 5.73 Å². The van der Waals surface area contributed by atoms with Crippen molar-refractivity contribution in [1.29, 1.82) is 0 Å². The molecule has 0 fully saturated rings. The van der Waals surface area contributed by atoms with Crippen LogP contribution in [-0.2, 0) is 6.42 Å². The zero-order valence-corrected chi connectivity index (χ0v) is 12.8.